The standard InChI is InChI=1S/C19H21ClN2O/c1-14-8-9-18-15(13-14)5-4-11-22(18)12-10-19(23)21-17-7-3-2-6-16(17)20/h2-3,6-9,13H,4-5,10-12H2,1H3,(H,21,23). The number of benzene rings is 2. The number of halogens is 1. The van der Waals surface area contributed by atoms with Gasteiger partial charge in [-0.25, -0.2) is 0 Å². The average molecular weight is 329 g/mol. The lowest BCUT2D eigenvalue weighted by Crippen LogP contribution is -2.32. The van der Waals surface area contributed by atoms with Crippen LogP contribution in [-0.4, -0.2) is 19.0 Å². The number of rotatable bonds is 4. The van der Waals surface area contributed by atoms with Crippen LogP contribution in [0, 0.1) is 6.92 Å². The van der Waals surface area contributed by atoms with Crippen LogP contribution in [0.3, 0.4) is 0 Å². The molecule has 1 aliphatic heterocycles. The summed E-state index contributed by atoms with van der Waals surface area (Å²) in [5.41, 5.74) is 4.63. The maximum absolute atomic E-state index is 12.2. The van der Waals surface area contributed by atoms with E-state index >= 15 is 0 Å². The Labute approximate surface area is 142 Å². The van der Waals surface area contributed by atoms with Crippen LogP contribution in [0.15, 0.2) is 42.5 Å². The Kier molecular flexibility index (Phi) is 4.87. The number of nitrogens with one attached hydrogen (secondary N) is 1. The number of para-hydroxylation sites is 1. The van der Waals surface area contributed by atoms with E-state index in [2.05, 4.69) is 35.3 Å². The summed E-state index contributed by atoms with van der Waals surface area (Å²) in [5.74, 6) is -0.00247. The van der Waals surface area contributed by atoms with Crippen LogP contribution in [0.5, 0.6) is 0 Å². The lowest BCUT2D eigenvalue weighted by atomic mass is 9.99. The fraction of sp³-hybridized carbons (Fsp3) is 0.316. The van der Waals surface area contributed by atoms with Crippen molar-refractivity contribution < 1.29 is 4.79 Å². The molecule has 1 amide bonds. The third-order valence-corrected chi connectivity index (χ3v) is 4.54. The molecule has 4 heteroatoms. The summed E-state index contributed by atoms with van der Waals surface area (Å²) in [6.07, 6.45) is 2.72. The van der Waals surface area contributed by atoms with Gasteiger partial charge in [-0.2, -0.15) is 0 Å². The topological polar surface area (TPSA) is 32.3 Å². The highest BCUT2D eigenvalue weighted by Gasteiger charge is 2.17. The quantitative estimate of drug-likeness (QED) is 0.900. The number of anilines is 2. The SMILES string of the molecule is Cc1ccc2c(c1)CCCN2CCC(=O)Nc1ccccc1Cl. The monoisotopic (exact) mass is 328 g/mol. The Balaban J connectivity index is 1.61. The van der Waals surface area contributed by atoms with E-state index in [1.165, 1.54) is 16.8 Å². The molecule has 0 unspecified atom stereocenters. The van der Waals surface area contributed by atoms with Crippen molar-refractivity contribution in [2.24, 2.45) is 0 Å². The zero-order valence-electron chi connectivity index (χ0n) is 13.3. The number of carbonyl (C=O) groups excluding carboxylic acids is 1. The second-order valence-electron chi connectivity index (χ2n) is 6.00. The van der Waals surface area contributed by atoms with Gasteiger partial charge < -0.3 is 10.2 Å². The molecule has 3 nitrogen and oxygen atoms in total. The third-order valence-electron chi connectivity index (χ3n) is 4.21. The summed E-state index contributed by atoms with van der Waals surface area (Å²) in [6, 6.07) is 13.9. The van der Waals surface area contributed by atoms with Crippen molar-refractivity contribution in [1.82, 2.24) is 0 Å². The number of nitrogens with zero attached hydrogens (tertiary/aromatic N) is 1. The van der Waals surface area contributed by atoms with E-state index in [0.29, 0.717) is 17.1 Å². The summed E-state index contributed by atoms with van der Waals surface area (Å²) < 4.78 is 0. The first kappa shape index (κ1) is 15.9. The maximum atomic E-state index is 12.2. The molecule has 0 spiro atoms. The lowest BCUT2D eigenvalue weighted by Gasteiger charge is -2.31. The van der Waals surface area contributed by atoms with E-state index in [4.69, 9.17) is 11.6 Å². The predicted molar refractivity (Wildman–Crippen MR) is 96.4 cm³/mol. The van der Waals surface area contributed by atoms with Gasteiger partial charge in [0.25, 0.3) is 0 Å². The number of aryl methyl sites for hydroxylation is 2. The van der Waals surface area contributed by atoms with Crippen molar-refractivity contribution in [2.75, 3.05) is 23.3 Å². The molecule has 0 bridgehead atoms. The van der Waals surface area contributed by atoms with Gasteiger partial charge in [-0.1, -0.05) is 41.4 Å². The van der Waals surface area contributed by atoms with Crippen molar-refractivity contribution in [3.63, 3.8) is 0 Å². The summed E-state index contributed by atoms with van der Waals surface area (Å²) >= 11 is 6.07. The minimum absolute atomic E-state index is 0.00247. The molecule has 0 atom stereocenters. The van der Waals surface area contributed by atoms with Crippen LogP contribution in [0.4, 0.5) is 11.4 Å². The molecule has 1 heterocycles. The maximum Gasteiger partial charge on any atom is 0.226 e. The fourth-order valence-electron chi connectivity index (χ4n) is 3.05. The van der Waals surface area contributed by atoms with E-state index in [1.807, 2.05) is 18.2 Å². The predicted octanol–water partition coefficient (Wildman–Crippen LogP) is 4.43. The number of amides is 1. The summed E-state index contributed by atoms with van der Waals surface area (Å²) in [6.45, 7) is 3.86. The Hall–Kier alpha value is -2.00. The molecule has 2 aromatic carbocycles. The minimum Gasteiger partial charge on any atom is -0.371 e. The van der Waals surface area contributed by atoms with Crippen LogP contribution in [0.25, 0.3) is 0 Å². The Morgan fingerprint density at radius 3 is 2.91 bits per heavy atom. The second kappa shape index (κ2) is 7.05. The molecular weight excluding hydrogens is 308 g/mol. The molecule has 0 saturated heterocycles. The van der Waals surface area contributed by atoms with Crippen molar-refractivity contribution in [1.29, 1.82) is 0 Å². The van der Waals surface area contributed by atoms with E-state index in [0.717, 1.165) is 25.9 Å². The van der Waals surface area contributed by atoms with E-state index in [-0.39, 0.29) is 5.91 Å². The highest BCUT2D eigenvalue weighted by atomic mass is 35.5. The molecule has 23 heavy (non-hydrogen) atoms. The van der Waals surface area contributed by atoms with Crippen LogP contribution < -0.4 is 10.2 Å². The average Bonchev–Trinajstić information content (AvgIpc) is 2.54. The molecule has 0 aromatic heterocycles. The molecule has 1 N–H and O–H groups in total. The van der Waals surface area contributed by atoms with Gasteiger partial charge in [0.1, 0.15) is 0 Å². The van der Waals surface area contributed by atoms with Crippen LogP contribution in [0.2, 0.25) is 5.02 Å². The number of carbonyl (C=O) groups is 1. The van der Waals surface area contributed by atoms with Crippen molar-refractivity contribution in [2.45, 2.75) is 26.2 Å². The largest absolute Gasteiger partial charge is 0.371 e. The van der Waals surface area contributed by atoms with Gasteiger partial charge in [-0.3, -0.25) is 4.79 Å². The second-order valence-corrected chi connectivity index (χ2v) is 6.41. The number of hydrogen-bond acceptors (Lipinski definition) is 2. The minimum atomic E-state index is -0.00247. The smallest absolute Gasteiger partial charge is 0.226 e. The van der Waals surface area contributed by atoms with Gasteiger partial charge in [-0.05, 0) is 43.5 Å². The van der Waals surface area contributed by atoms with Gasteiger partial charge in [0, 0.05) is 25.2 Å². The van der Waals surface area contributed by atoms with Gasteiger partial charge in [0.05, 0.1) is 10.7 Å². The first-order valence-electron chi connectivity index (χ1n) is 8.02. The molecule has 0 radical (unpaired) electrons. The summed E-state index contributed by atoms with van der Waals surface area (Å²) in [4.78, 5) is 14.5. The lowest BCUT2D eigenvalue weighted by molar-refractivity contribution is -0.116. The summed E-state index contributed by atoms with van der Waals surface area (Å²) in [5, 5.41) is 3.45. The molecule has 2 aromatic rings. The zero-order chi connectivity index (χ0) is 16.2. The zero-order valence-corrected chi connectivity index (χ0v) is 14.1. The molecular formula is C19H21ClN2O. The van der Waals surface area contributed by atoms with Crippen LogP contribution in [-0.2, 0) is 11.2 Å². The Morgan fingerprint density at radius 2 is 2.09 bits per heavy atom. The molecule has 0 fully saturated rings. The number of fused-ring (bicyclic) bond motifs is 1. The molecule has 0 aliphatic carbocycles. The molecule has 0 saturated carbocycles. The van der Waals surface area contributed by atoms with Crippen molar-refractivity contribution in [3.8, 4) is 0 Å². The van der Waals surface area contributed by atoms with Gasteiger partial charge >= 0.3 is 0 Å². The molecule has 120 valence electrons. The first-order chi connectivity index (χ1) is 11.1. The van der Waals surface area contributed by atoms with Crippen molar-refractivity contribution in [3.05, 3.63) is 58.6 Å². The van der Waals surface area contributed by atoms with E-state index in [1.54, 1.807) is 6.07 Å². The fourth-order valence-corrected chi connectivity index (χ4v) is 3.23. The van der Waals surface area contributed by atoms with E-state index in [9.17, 15) is 4.79 Å². The van der Waals surface area contributed by atoms with Gasteiger partial charge in [-0.15, -0.1) is 0 Å². The van der Waals surface area contributed by atoms with Crippen molar-refractivity contribution >= 4 is 28.9 Å². The van der Waals surface area contributed by atoms with Gasteiger partial charge in [0.15, 0.2) is 0 Å². The Bertz CT molecular complexity index is 714. The molecule has 1 aliphatic rings. The van der Waals surface area contributed by atoms with E-state index < -0.39 is 0 Å². The van der Waals surface area contributed by atoms with Gasteiger partial charge in [0.2, 0.25) is 5.91 Å². The Morgan fingerprint density at radius 1 is 1.26 bits per heavy atom. The summed E-state index contributed by atoms with van der Waals surface area (Å²) in [7, 11) is 0. The molecule has 3 rings (SSSR count). The van der Waals surface area contributed by atoms with Crippen LogP contribution in [0.1, 0.15) is 24.0 Å². The highest BCUT2D eigenvalue weighted by Crippen LogP contribution is 2.28. The number of hydrogen-bond donors (Lipinski definition) is 1. The first-order valence-corrected chi connectivity index (χ1v) is 8.40. The third kappa shape index (κ3) is 3.85. The normalized spacial score (nSPS) is 13.6. The highest BCUT2D eigenvalue weighted by molar-refractivity contribution is 6.33. The van der Waals surface area contributed by atoms with Crippen LogP contribution >= 0.6 is 11.6 Å².